The molecule has 0 atom stereocenters. The van der Waals surface area contributed by atoms with Crippen LogP contribution in [0.4, 0.5) is 0 Å². The van der Waals surface area contributed by atoms with Gasteiger partial charge in [-0.25, -0.2) is 13.1 Å². The highest BCUT2D eigenvalue weighted by atomic mass is 32.2. The Kier molecular flexibility index (Phi) is 5.14. The second-order valence-electron chi connectivity index (χ2n) is 4.01. The third kappa shape index (κ3) is 3.54. The van der Waals surface area contributed by atoms with Crippen LogP contribution >= 0.6 is 0 Å². The summed E-state index contributed by atoms with van der Waals surface area (Å²) in [5.41, 5.74) is 0.690. The smallest absolute Gasteiger partial charge is 0.243 e. The number of unbranched alkanes of at least 4 members (excludes halogenated alkanes) is 2. The van der Waals surface area contributed by atoms with Gasteiger partial charge in [-0.3, -0.25) is 4.68 Å². The third-order valence-corrected chi connectivity index (χ3v) is 4.28. The minimum absolute atomic E-state index is 0.288. The Morgan fingerprint density at radius 1 is 1.35 bits per heavy atom. The molecule has 0 amide bonds. The monoisotopic (exact) mass is 259 g/mol. The molecule has 0 aromatic carbocycles. The van der Waals surface area contributed by atoms with E-state index < -0.39 is 10.0 Å². The van der Waals surface area contributed by atoms with Crippen molar-refractivity contribution >= 4 is 10.0 Å². The Labute approximate surface area is 103 Å². The van der Waals surface area contributed by atoms with Gasteiger partial charge in [0.25, 0.3) is 0 Å². The predicted octanol–water partition coefficient (Wildman–Crippen LogP) is 1.68. The molecule has 1 rings (SSSR count). The topological polar surface area (TPSA) is 64.0 Å². The standard InChI is InChI=1S/C11H21N3O2S/c1-4-6-7-8-13-17(15,16)11-9-12-14(5-2)10(11)3/h9,13H,4-8H2,1-3H3. The van der Waals surface area contributed by atoms with E-state index in [9.17, 15) is 8.42 Å². The summed E-state index contributed by atoms with van der Waals surface area (Å²) >= 11 is 0. The van der Waals surface area contributed by atoms with Crippen molar-refractivity contribution in [1.82, 2.24) is 14.5 Å². The number of aromatic nitrogens is 2. The average molecular weight is 259 g/mol. The van der Waals surface area contributed by atoms with Crippen LogP contribution in [0.1, 0.15) is 38.8 Å². The van der Waals surface area contributed by atoms with E-state index in [1.54, 1.807) is 11.6 Å². The molecule has 0 bridgehead atoms. The lowest BCUT2D eigenvalue weighted by Gasteiger charge is -2.06. The highest BCUT2D eigenvalue weighted by Crippen LogP contribution is 2.13. The van der Waals surface area contributed by atoms with Crippen molar-refractivity contribution in [1.29, 1.82) is 0 Å². The van der Waals surface area contributed by atoms with E-state index in [0.29, 0.717) is 18.8 Å². The van der Waals surface area contributed by atoms with Crippen LogP contribution in [0.25, 0.3) is 0 Å². The first-order chi connectivity index (χ1) is 8.03. The van der Waals surface area contributed by atoms with Crippen LogP contribution < -0.4 is 4.72 Å². The largest absolute Gasteiger partial charge is 0.269 e. The molecule has 1 heterocycles. The molecule has 0 spiro atoms. The SMILES string of the molecule is CCCCCNS(=O)(=O)c1cnn(CC)c1C. The first kappa shape index (κ1) is 14.2. The highest BCUT2D eigenvalue weighted by molar-refractivity contribution is 7.89. The summed E-state index contributed by atoms with van der Waals surface area (Å²) in [6.07, 6.45) is 4.40. The summed E-state index contributed by atoms with van der Waals surface area (Å²) in [5.74, 6) is 0. The molecule has 0 fully saturated rings. The molecule has 0 aliphatic heterocycles. The van der Waals surface area contributed by atoms with Gasteiger partial charge in [0.15, 0.2) is 0 Å². The molecule has 1 aromatic rings. The van der Waals surface area contributed by atoms with E-state index in [1.807, 2.05) is 6.92 Å². The number of aryl methyl sites for hydroxylation is 1. The molecular weight excluding hydrogens is 238 g/mol. The van der Waals surface area contributed by atoms with E-state index in [4.69, 9.17) is 0 Å². The predicted molar refractivity (Wildman–Crippen MR) is 67.4 cm³/mol. The maximum Gasteiger partial charge on any atom is 0.243 e. The van der Waals surface area contributed by atoms with E-state index in [0.717, 1.165) is 19.3 Å². The zero-order valence-electron chi connectivity index (χ0n) is 10.7. The van der Waals surface area contributed by atoms with Gasteiger partial charge < -0.3 is 0 Å². The molecular formula is C11H21N3O2S. The van der Waals surface area contributed by atoms with Crippen molar-refractivity contribution in [2.24, 2.45) is 0 Å². The lowest BCUT2D eigenvalue weighted by Crippen LogP contribution is -2.25. The van der Waals surface area contributed by atoms with Crippen LogP contribution in [-0.4, -0.2) is 24.7 Å². The van der Waals surface area contributed by atoms with Crippen LogP contribution in [0.15, 0.2) is 11.1 Å². The third-order valence-electron chi connectivity index (χ3n) is 2.72. The highest BCUT2D eigenvalue weighted by Gasteiger charge is 2.19. The fourth-order valence-corrected chi connectivity index (χ4v) is 2.92. The zero-order chi connectivity index (χ0) is 12.9. The molecule has 0 saturated heterocycles. The zero-order valence-corrected chi connectivity index (χ0v) is 11.5. The van der Waals surface area contributed by atoms with Crippen molar-refractivity contribution in [2.45, 2.75) is 51.5 Å². The van der Waals surface area contributed by atoms with Gasteiger partial charge in [-0.15, -0.1) is 0 Å². The van der Waals surface area contributed by atoms with Crippen LogP contribution in [0.3, 0.4) is 0 Å². The number of sulfonamides is 1. The quantitative estimate of drug-likeness (QED) is 0.758. The summed E-state index contributed by atoms with van der Waals surface area (Å²) in [4.78, 5) is 0.288. The average Bonchev–Trinajstić information content (AvgIpc) is 2.66. The van der Waals surface area contributed by atoms with Crippen LogP contribution in [0.5, 0.6) is 0 Å². The minimum atomic E-state index is -3.39. The van der Waals surface area contributed by atoms with Crippen molar-refractivity contribution in [2.75, 3.05) is 6.54 Å². The molecule has 6 heteroatoms. The molecule has 0 saturated carbocycles. The van der Waals surface area contributed by atoms with Gasteiger partial charge in [-0.2, -0.15) is 5.10 Å². The Hall–Kier alpha value is -0.880. The van der Waals surface area contributed by atoms with Crippen LogP contribution in [-0.2, 0) is 16.6 Å². The molecule has 5 nitrogen and oxygen atoms in total. The van der Waals surface area contributed by atoms with Gasteiger partial charge in [-0.05, 0) is 20.3 Å². The molecule has 98 valence electrons. The lowest BCUT2D eigenvalue weighted by molar-refractivity contribution is 0.574. The number of hydrogen-bond acceptors (Lipinski definition) is 3. The Morgan fingerprint density at radius 3 is 2.59 bits per heavy atom. The summed E-state index contributed by atoms with van der Waals surface area (Å²) < 4.78 is 28.3. The Balaban J connectivity index is 2.72. The molecule has 0 radical (unpaired) electrons. The minimum Gasteiger partial charge on any atom is -0.269 e. The fraction of sp³-hybridized carbons (Fsp3) is 0.727. The van der Waals surface area contributed by atoms with E-state index in [1.165, 1.54) is 6.20 Å². The van der Waals surface area contributed by atoms with Crippen LogP contribution in [0, 0.1) is 6.92 Å². The molecule has 1 N–H and O–H groups in total. The van der Waals surface area contributed by atoms with Crippen molar-refractivity contribution < 1.29 is 8.42 Å². The fourth-order valence-electron chi connectivity index (χ4n) is 1.67. The Bertz CT molecular complexity index is 451. The maximum absolute atomic E-state index is 12.0. The number of rotatable bonds is 7. The summed E-state index contributed by atoms with van der Waals surface area (Å²) in [5, 5.41) is 4.04. The maximum atomic E-state index is 12.0. The van der Waals surface area contributed by atoms with E-state index in [2.05, 4.69) is 16.7 Å². The van der Waals surface area contributed by atoms with Gasteiger partial charge in [0.2, 0.25) is 10.0 Å². The second kappa shape index (κ2) is 6.16. The van der Waals surface area contributed by atoms with Gasteiger partial charge in [0.1, 0.15) is 4.90 Å². The Morgan fingerprint density at radius 2 is 2.06 bits per heavy atom. The van der Waals surface area contributed by atoms with Crippen LogP contribution in [0.2, 0.25) is 0 Å². The molecule has 0 unspecified atom stereocenters. The normalized spacial score (nSPS) is 11.9. The molecule has 0 aliphatic rings. The number of nitrogens with one attached hydrogen (secondary N) is 1. The van der Waals surface area contributed by atoms with Crippen molar-refractivity contribution in [3.05, 3.63) is 11.9 Å². The summed E-state index contributed by atoms with van der Waals surface area (Å²) in [6.45, 7) is 6.97. The van der Waals surface area contributed by atoms with Gasteiger partial charge in [0.05, 0.1) is 11.9 Å². The lowest BCUT2D eigenvalue weighted by atomic mass is 10.3. The molecule has 17 heavy (non-hydrogen) atoms. The second-order valence-corrected chi connectivity index (χ2v) is 5.75. The van der Waals surface area contributed by atoms with E-state index in [-0.39, 0.29) is 4.90 Å². The van der Waals surface area contributed by atoms with Gasteiger partial charge in [-0.1, -0.05) is 19.8 Å². The summed E-state index contributed by atoms with van der Waals surface area (Å²) in [7, 11) is -3.39. The molecule has 0 aliphatic carbocycles. The number of nitrogens with zero attached hydrogens (tertiary/aromatic N) is 2. The number of hydrogen-bond donors (Lipinski definition) is 1. The van der Waals surface area contributed by atoms with Gasteiger partial charge in [0, 0.05) is 13.1 Å². The first-order valence-corrected chi connectivity index (χ1v) is 7.53. The summed E-state index contributed by atoms with van der Waals surface area (Å²) in [6, 6.07) is 0. The molecule has 1 aromatic heterocycles. The van der Waals surface area contributed by atoms with Crippen molar-refractivity contribution in [3.8, 4) is 0 Å². The first-order valence-electron chi connectivity index (χ1n) is 6.05. The van der Waals surface area contributed by atoms with Gasteiger partial charge >= 0.3 is 0 Å². The van der Waals surface area contributed by atoms with Crippen molar-refractivity contribution in [3.63, 3.8) is 0 Å². The van der Waals surface area contributed by atoms with E-state index >= 15 is 0 Å².